The molecule has 0 radical (unpaired) electrons. The number of piperazine rings is 1. The van der Waals surface area contributed by atoms with Gasteiger partial charge < -0.3 is 4.90 Å². The first-order chi connectivity index (χ1) is 11.2. The normalized spacial score (nSPS) is 22.3. The van der Waals surface area contributed by atoms with E-state index >= 15 is 0 Å². The van der Waals surface area contributed by atoms with Crippen LogP contribution in [0.5, 0.6) is 0 Å². The molecule has 2 aromatic rings. The van der Waals surface area contributed by atoms with Crippen molar-refractivity contribution in [1.29, 1.82) is 0 Å². The van der Waals surface area contributed by atoms with E-state index in [1.165, 1.54) is 15.4 Å². The monoisotopic (exact) mass is 328 g/mol. The fraction of sp³-hybridized carbons (Fsp3) is 0.368. The van der Waals surface area contributed by atoms with Gasteiger partial charge in [-0.25, -0.2) is 4.39 Å². The van der Waals surface area contributed by atoms with Gasteiger partial charge in [-0.05, 0) is 48.9 Å². The second kappa shape index (κ2) is 6.27. The number of hydrogen-bond acceptors (Lipinski definition) is 3. The third kappa shape index (κ3) is 3.03. The number of nitrogens with zero attached hydrogens (tertiary/aromatic N) is 2. The maximum Gasteiger partial charge on any atom is 0.123 e. The minimum Gasteiger partial charge on any atom is -0.304 e. The average Bonchev–Trinajstić information content (AvgIpc) is 2.72. The summed E-state index contributed by atoms with van der Waals surface area (Å²) in [5.74, 6) is -0.132. The van der Waals surface area contributed by atoms with Gasteiger partial charge in [-0.1, -0.05) is 30.0 Å². The summed E-state index contributed by atoms with van der Waals surface area (Å²) in [5.41, 5.74) is 2.52. The van der Waals surface area contributed by atoms with Gasteiger partial charge >= 0.3 is 0 Å². The second-order valence-electron chi connectivity index (χ2n) is 6.45. The van der Waals surface area contributed by atoms with E-state index in [9.17, 15) is 4.39 Å². The summed E-state index contributed by atoms with van der Waals surface area (Å²) in [7, 11) is 2.18. The molecular weight excluding hydrogens is 307 g/mol. The zero-order valence-electron chi connectivity index (χ0n) is 13.3. The Morgan fingerprint density at radius 2 is 1.78 bits per heavy atom. The number of rotatable bonds is 1. The summed E-state index contributed by atoms with van der Waals surface area (Å²) in [6, 6.07) is 14.2. The Kier molecular flexibility index (Phi) is 4.14. The Balaban J connectivity index is 1.74. The van der Waals surface area contributed by atoms with Crippen LogP contribution in [0, 0.1) is 5.82 Å². The molecule has 0 bridgehead atoms. The van der Waals surface area contributed by atoms with Crippen molar-refractivity contribution in [1.82, 2.24) is 9.80 Å². The molecule has 1 atom stereocenters. The van der Waals surface area contributed by atoms with E-state index in [-0.39, 0.29) is 5.82 Å². The predicted octanol–water partition coefficient (Wildman–Crippen LogP) is 3.82. The highest BCUT2D eigenvalue weighted by atomic mass is 32.2. The van der Waals surface area contributed by atoms with Crippen molar-refractivity contribution in [2.75, 3.05) is 33.2 Å². The van der Waals surface area contributed by atoms with Crippen LogP contribution in [0.3, 0.4) is 0 Å². The van der Waals surface area contributed by atoms with Crippen LogP contribution >= 0.6 is 11.8 Å². The van der Waals surface area contributed by atoms with Gasteiger partial charge in [0.2, 0.25) is 0 Å². The van der Waals surface area contributed by atoms with Crippen LogP contribution in [0.25, 0.3) is 0 Å². The molecule has 2 aliphatic rings. The van der Waals surface area contributed by atoms with Gasteiger partial charge in [0.25, 0.3) is 0 Å². The molecule has 23 heavy (non-hydrogen) atoms. The van der Waals surface area contributed by atoms with Gasteiger partial charge in [0.05, 0.1) is 0 Å². The summed E-state index contributed by atoms with van der Waals surface area (Å²) in [6.07, 6.45) is 0.890. The molecule has 1 fully saturated rings. The van der Waals surface area contributed by atoms with E-state index < -0.39 is 0 Å². The molecule has 1 saturated heterocycles. The first-order valence-electron chi connectivity index (χ1n) is 8.18. The molecule has 120 valence electrons. The SMILES string of the molecule is CN1CCN(C2Cc3cc(F)ccc3Sc3ccccc32)CC1. The van der Waals surface area contributed by atoms with Crippen molar-refractivity contribution in [3.8, 4) is 0 Å². The van der Waals surface area contributed by atoms with Crippen LogP contribution in [0.2, 0.25) is 0 Å². The maximum absolute atomic E-state index is 13.7. The Labute approximate surface area is 141 Å². The van der Waals surface area contributed by atoms with Crippen LogP contribution < -0.4 is 0 Å². The smallest absolute Gasteiger partial charge is 0.123 e. The van der Waals surface area contributed by atoms with Crippen molar-refractivity contribution in [3.63, 3.8) is 0 Å². The van der Waals surface area contributed by atoms with Crippen LogP contribution in [0.1, 0.15) is 17.2 Å². The van der Waals surface area contributed by atoms with Crippen molar-refractivity contribution < 1.29 is 4.39 Å². The van der Waals surface area contributed by atoms with Crippen molar-refractivity contribution in [2.45, 2.75) is 22.3 Å². The summed E-state index contributed by atoms with van der Waals surface area (Å²) in [4.78, 5) is 7.44. The third-order valence-electron chi connectivity index (χ3n) is 4.91. The standard InChI is InChI=1S/C19H21FN2S/c1-21-8-10-22(11-9-21)17-13-14-12-15(20)6-7-18(14)23-19-5-3-2-4-16(17)19/h2-7,12,17H,8-11,13H2,1H3. The number of hydrogen-bond donors (Lipinski definition) is 0. The Bertz CT molecular complexity index is 710. The number of halogens is 1. The average molecular weight is 328 g/mol. The highest BCUT2D eigenvalue weighted by Crippen LogP contribution is 2.43. The number of benzene rings is 2. The van der Waals surface area contributed by atoms with E-state index in [1.807, 2.05) is 6.07 Å². The molecule has 0 aliphatic carbocycles. The highest BCUT2D eigenvalue weighted by molar-refractivity contribution is 7.99. The molecular formula is C19H21FN2S. The van der Waals surface area contributed by atoms with Crippen LogP contribution in [-0.2, 0) is 6.42 Å². The largest absolute Gasteiger partial charge is 0.304 e. The van der Waals surface area contributed by atoms with Gasteiger partial charge in [0.15, 0.2) is 0 Å². The van der Waals surface area contributed by atoms with Gasteiger partial charge in [-0.2, -0.15) is 0 Å². The first-order valence-corrected chi connectivity index (χ1v) is 9.00. The fourth-order valence-corrected chi connectivity index (χ4v) is 4.67. The van der Waals surface area contributed by atoms with Crippen LogP contribution in [-0.4, -0.2) is 43.0 Å². The maximum atomic E-state index is 13.7. The first kappa shape index (κ1) is 15.2. The van der Waals surface area contributed by atoms with E-state index in [1.54, 1.807) is 23.9 Å². The molecule has 1 unspecified atom stereocenters. The Hall–Kier alpha value is -1.36. The third-order valence-corrected chi connectivity index (χ3v) is 6.12. The van der Waals surface area contributed by atoms with Crippen molar-refractivity contribution >= 4 is 11.8 Å². The van der Waals surface area contributed by atoms with E-state index in [0.717, 1.165) is 38.2 Å². The number of likely N-dealkylation sites (N-methyl/N-ethyl adjacent to an activating group) is 1. The topological polar surface area (TPSA) is 6.48 Å². The number of fused-ring (bicyclic) bond motifs is 2. The molecule has 0 amide bonds. The minimum absolute atomic E-state index is 0.132. The molecule has 0 aromatic heterocycles. The minimum atomic E-state index is -0.132. The van der Waals surface area contributed by atoms with Gasteiger partial charge in [-0.3, -0.25) is 4.90 Å². The van der Waals surface area contributed by atoms with Crippen LogP contribution in [0.15, 0.2) is 52.3 Å². The van der Waals surface area contributed by atoms with E-state index in [2.05, 4.69) is 41.1 Å². The zero-order chi connectivity index (χ0) is 15.8. The molecule has 2 nitrogen and oxygen atoms in total. The molecule has 4 rings (SSSR count). The van der Waals surface area contributed by atoms with Crippen molar-refractivity contribution in [2.24, 2.45) is 0 Å². The lowest BCUT2D eigenvalue weighted by Gasteiger charge is -2.38. The highest BCUT2D eigenvalue weighted by Gasteiger charge is 2.29. The lowest BCUT2D eigenvalue weighted by molar-refractivity contribution is 0.110. The van der Waals surface area contributed by atoms with E-state index in [4.69, 9.17) is 0 Å². The molecule has 4 heteroatoms. The predicted molar refractivity (Wildman–Crippen MR) is 92.5 cm³/mol. The lowest BCUT2D eigenvalue weighted by Crippen LogP contribution is -2.46. The molecule has 0 saturated carbocycles. The molecule has 0 N–H and O–H groups in total. The van der Waals surface area contributed by atoms with Gasteiger partial charge in [0, 0.05) is 42.0 Å². The Morgan fingerprint density at radius 3 is 2.61 bits per heavy atom. The summed E-state index contributed by atoms with van der Waals surface area (Å²) in [6.45, 7) is 4.35. The molecule has 2 aromatic carbocycles. The van der Waals surface area contributed by atoms with Crippen molar-refractivity contribution in [3.05, 3.63) is 59.4 Å². The van der Waals surface area contributed by atoms with Gasteiger partial charge in [0.1, 0.15) is 5.82 Å². The summed E-state index contributed by atoms with van der Waals surface area (Å²) < 4.78 is 13.7. The fourth-order valence-electron chi connectivity index (χ4n) is 3.55. The zero-order valence-corrected chi connectivity index (χ0v) is 14.2. The quantitative estimate of drug-likeness (QED) is 0.786. The Morgan fingerprint density at radius 1 is 1.00 bits per heavy atom. The van der Waals surface area contributed by atoms with E-state index in [0.29, 0.717) is 6.04 Å². The summed E-state index contributed by atoms with van der Waals surface area (Å²) >= 11 is 1.78. The molecule has 0 spiro atoms. The lowest BCUT2D eigenvalue weighted by atomic mass is 9.96. The van der Waals surface area contributed by atoms with Gasteiger partial charge in [-0.15, -0.1) is 0 Å². The second-order valence-corrected chi connectivity index (χ2v) is 7.53. The summed E-state index contributed by atoms with van der Waals surface area (Å²) in [5, 5.41) is 0. The van der Waals surface area contributed by atoms with Crippen LogP contribution in [0.4, 0.5) is 4.39 Å². The molecule has 2 heterocycles. The molecule has 2 aliphatic heterocycles.